The number of imidazole rings is 1. The molecule has 0 aliphatic rings. The predicted molar refractivity (Wildman–Crippen MR) is 113 cm³/mol. The summed E-state index contributed by atoms with van der Waals surface area (Å²) in [5, 5.41) is 0. The van der Waals surface area contributed by atoms with Gasteiger partial charge in [0.15, 0.2) is 12.1 Å². The molecular weight excluding hydrogens is 415 g/mol. The fraction of sp³-hybridized carbons (Fsp3) is 0.429. The average molecular weight is 440 g/mol. The number of halogens is 3. The van der Waals surface area contributed by atoms with Crippen LogP contribution in [-0.2, 0) is 10.9 Å². The highest BCUT2D eigenvalue weighted by molar-refractivity contribution is 7.97. The van der Waals surface area contributed by atoms with Crippen molar-refractivity contribution in [2.45, 2.75) is 46.1 Å². The van der Waals surface area contributed by atoms with Crippen LogP contribution in [0.3, 0.4) is 0 Å². The monoisotopic (exact) mass is 439 g/mol. The van der Waals surface area contributed by atoms with Crippen LogP contribution < -0.4 is 4.74 Å². The minimum Gasteiger partial charge on any atom is -0.465 e. The summed E-state index contributed by atoms with van der Waals surface area (Å²) in [6.45, 7) is 6.37. The van der Waals surface area contributed by atoms with Crippen molar-refractivity contribution in [3.63, 3.8) is 0 Å². The second-order valence-electron chi connectivity index (χ2n) is 6.81. The van der Waals surface area contributed by atoms with Gasteiger partial charge in [0.1, 0.15) is 11.4 Å². The van der Waals surface area contributed by atoms with Crippen LogP contribution in [0, 0.1) is 6.92 Å². The van der Waals surface area contributed by atoms with E-state index in [-0.39, 0.29) is 5.52 Å². The van der Waals surface area contributed by atoms with Crippen LogP contribution >= 0.6 is 11.9 Å². The summed E-state index contributed by atoms with van der Waals surface area (Å²) in [5.41, 5.74) is 1.41. The molecule has 0 saturated carbocycles. The van der Waals surface area contributed by atoms with Crippen LogP contribution in [0.5, 0.6) is 5.75 Å². The van der Waals surface area contributed by atoms with Crippen LogP contribution in [-0.4, -0.2) is 33.1 Å². The molecule has 2 heterocycles. The third-order valence-corrected chi connectivity index (χ3v) is 5.37. The lowest BCUT2D eigenvalue weighted by Crippen LogP contribution is -2.17. The summed E-state index contributed by atoms with van der Waals surface area (Å²) in [6, 6.07) is 5.30. The van der Waals surface area contributed by atoms with E-state index >= 15 is 0 Å². The average Bonchev–Trinajstić information content (AvgIpc) is 3.06. The van der Waals surface area contributed by atoms with Gasteiger partial charge in [0, 0.05) is 18.0 Å². The molecule has 5 nitrogen and oxygen atoms in total. The highest BCUT2D eigenvalue weighted by Gasteiger charge is 2.31. The molecule has 0 aliphatic heterocycles. The lowest BCUT2D eigenvalue weighted by Gasteiger charge is -2.18. The van der Waals surface area contributed by atoms with Gasteiger partial charge in [-0.3, -0.25) is 8.96 Å². The number of aromatic nitrogens is 3. The van der Waals surface area contributed by atoms with Gasteiger partial charge in [-0.25, -0.2) is 4.98 Å². The molecule has 0 N–H and O–H groups in total. The Morgan fingerprint density at radius 1 is 1.23 bits per heavy atom. The van der Waals surface area contributed by atoms with Crippen LogP contribution in [0.1, 0.15) is 37.8 Å². The topological polar surface area (TPSA) is 49.2 Å². The van der Waals surface area contributed by atoms with Crippen molar-refractivity contribution in [1.29, 1.82) is 0 Å². The molecule has 0 aliphatic carbocycles. The van der Waals surface area contributed by atoms with E-state index in [0.717, 1.165) is 30.5 Å². The number of rotatable bonds is 8. The van der Waals surface area contributed by atoms with Crippen LogP contribution in [0.2, 0.25) is 0 Å². The van der Waals surface area contributed by atoms with Gasteiger partial charge in [-0.05, 0) is 56.5 Å². The maximum Gasteiger partial charge on any atom is 0.416 e. The Labute approximate surface area is 177 Å². The number of ether oxygens (including phenoxy) is 2. The standard InChI is InChI=1S/C21H24F3N3O2S/c1-5-6-11-28-14(3)29-18-9-10-25-19(13(18)2)20-26-16-12-15(21(22,23)24)7-8-17(16)27(20)30-4/h7-10,12,14H,5-6,11H2,1-4H3. The number of benzene rings is 1. The zero-order valence-corrected chi connectivity index (χ0v) is 18.1. The van der Waals surface area contributed by atoms with Gasteiger partial charge in [0.05, 0.1) is 23.2 Å². The SMILES string of the molecule is CCCCOC(C)Oc1ccnc(-c2nc3cc(C(F)(F)F)ccc3n2SC)c1C. The van der Waals surface area contributed by atoms with Crippen LogP contribution in [0.15, 0.2) is 30.5 Å². The van der Waals surface area contributed by atoms with Crippen molar-refractivity contribution < 1.29 is 22.6 Å². The van der Waals surface area contributed by atoms with E-state index in [2.05, 4.69) is 16.9 Å². The van der Waals surface area contributed by atoms with E-state index in [1.807, 2.05) is 20.1 Å². The number of pyridine rings is 1. The number of fused-ring (bicyclic) bond motifs is 1. The minimum atomic E-state index is -4.42. The van der Waals surface area contributed by atoms with E-state index in [4.69, 9.17) is 9.47 Å². The van der Waals surface area contributed by atoms with E-state index < -0.39 is 18.0 Å². The molecule has 0 fully saturated rings. The second kappa shape index (κ2) is 9.26. The van der Waals surface area contributed by atoms with Gasteiger partial charge in [0.2, 0.25) is 0 Å². The third kappa shape index (κ3) is 4.73. The molecule has 30 heavy (non-hydrogen) atoms. The maximum atomic E-state index is 13.1. The molecule has 0 radical (unpaired) electrons. The molecule has 0 spiro atoms. The van der Waals surface area contributed by atoms with Gasteiger partial charge in [-0.2, -0.15) is 13.2 Å². The first-order valence-corrected chi connectivity index (χ1v) is 10.8. The summed E-state index contributed by atoms with van der Waals surface area (Å²) in [5.74, 6) is 1.07. The molecule has 3 aromatic rings. The van der Waals surface area contributed by atoms with E-state index in [1.54, 1.807) is 16.2 Å². The first-order chi connectivity index (χ1) is 14.3. The molecule has 1 atom stereocenters. The Kier molecular flexibility index (Phi) is 6.92. The molecule has 162 valence electrons. The van der Waals surface area contributed by atoms with Gasteiger partial charge in [0.25, 0.3) is 0 Å². The number of unbranched alkanes of at least 4 members (excludes halogenated alkanes) is 1. The zero-order valence-electron chi connectivity index (χ0n) is 17.3. The molecule has 3 rings (SSSR count). The molecule has 1 unspecified atom stereocenters. The highest BCUT2D eigenvalue weighted by Crippen LogP contribution is 2.35. The van der Waals surface area contributed by atoms with E-state index in [9.17, 15) is 13.2 Å². The molecule has 0 amide bonds. The first-order valence-electron chi connectivity index (χ1n) is 9.64. The summed E-state index contributed by atoms with van der Waals surface area (Å²) < 4.78 is 52.6. The van der Waals surface area contributed by atoms with E-state index in [0.29, 0.717) is 29.4 Å². The number of hydrogen-bond acceptors (Lipinski definition) is 5. The third-order valence-electron chi connectivity index (χ3n) is 4.63. The molecular formula is C21H24F3N3O2S. The summed E-state index contributed by atoms with van der Waals surface area (Å²) in [6.07, 6.45) is 0.563. The molecule has 0 saturated heterocycles. The van der Waals surface area contributed by atoms with Crippen molar-refractivity contribution >= 4 is 23.0 Å². The zero-order chi connectivity index (χ0) is 21.9. The fourth-order valence-electron chi connectivity index (χ4n) is 3.05. The highest BCUT2D eigenvalue weighted by atomic mass is 32.2. The molecule has 0 bridgehead atoms. The molecule has 2 aromatic heterocycles. The Morgan fingerprint density at radius 2 is 2.00 bits per heavy atom. The largest absolute Gasteiger partial charge is 0.465 e. The fourth-order valence-corrected chi connectivity index (χ4v) is 3.70. The lowest BCUT2D eigenvalue weighted by atomic mass is 10.2. The van der Waals surface area contributed by atoms with Gasteiger partial charge < -0.3 is 9.47 Å². The Morgan fingerprint density at radius 3 is 2.67 bits per heavy atom. The van der Waals surface area contributed by atoms with Crippen molar-refractivity contribution in [1.82, 2.24) is 13.9 Å². The van der Waals surface area contributed by atoms with E-state index in [1.165, 1.54) is 18.0 Å². The number of nitrogens with zero attached hydrogens (tertiary/aromatic N) is 3. The Bertz CT molecular complexity index is 1020. The second-order valence-corrected chi connectivity index (χ2v) is 7.54. The number of hydrogen-bond donors (Lipinski definition) is 0. The van der Waals surface area contributed by atoms with Crippen molar-refractivity contribution in [2.75, 3.05) is 12.9 Å². The van der Waals surface area contributed by atoms with Crippen molar-refractivity contribution in [3.8, 4) is 17.3 Å². The summed E-state index contributed by atoms with van der Waals surface area (Å²) >= 11 is 1.35. The first kappa shape index (κ1) is 22.4. The maximum absolute atomic E-state index is 13.1. The van der Waals surface area contributed by atoms with Crippen molar-refractivity contribution in [2.24, 2.45) is 0 Å². The minimum absolute atomic E-state index is 0.262. The summed E-state index contributed by atoms with van der Waals surface area (Å²) in [7, 11) is 0. The van der Waals surface area contributed by atoms with Crippen LogP contribution in [0.25, 0.3) is 22.6 Å². The smallest absolute Gasteiger partial charge is 0.416 e. The van der Waals surface area contributed by atoms with Gasteiger partial charge in [-0.15, -0.1) is 0 Å². The van der Waals surface area contributed by atoms with Gasteiger partial charge in [-0.1, -0.05) is 13.3 Å². The number of alkyl halides is 3. The predicted octanol–water partition coefficient (Wildman–Crippen LogP) is 6.09. The van der Waals surface area contributed by atoms with Crippen molar-refractivity contribution in [3.05, 3.63) is 41.6 Å². The summed E-state index contributed by atoms with van der Waals surface area (Å²) in [4.78, 5) is 8.89. The normalized spacial score (nSPS) is 13.0. The Balaban J connectivity index is 1.99. The Hall–Kier alpha value is -2.26. The molecule has 1 aromatic carbocycles. The van der Waals surface area contributed by atoms with Crippen LogP contribution in [0.4, 0.5) is 13.2 Å². The lowest BCUT2D eigenvalue weighted by molar-refractivity contribution is -0.137. The quantitative estimate of drug-likeness (QED) is 0.314. The van der Waals surface area contributed by atoms with Gasteiger partial charge >= 0.3 is 6.18 Å². The molecule has 9 heteroatoms.